The largest absolute Gasteiger partial charge is 0.573 e. The van der Waals surface area contributed by atoms with Crippen molar-refractivity contribution in [2.75, 3.05) is 6.54 Å². The Hall–Kier alpha value is -2.58. The van der Waals surface area contributed by atoms with Crippen LogP contribution in [0.2, 0.25) is 0 Å². The van der Waals surface area contributed by atoms with E-state index < -0.39 is 6.36 Å². The van der Waals surface area contributed by atoms with Gasteiger partial charge in [-0.1, -0.05) is 0 Å². The lowest BCUT2D eigenvalue weighted by Crippen LogP contribution is -2.26. The molecule has 1 aromatic heterocycles. The first-order valence-corrected chi connectivity index (χ1v) is 6.32. The van der Waals surface area contributed by atoms with Crippen LogP contribution in [0.25, 0.3) is 0 Å². The predicted octanol–water partition coefficient (Wildman–Crippen LogP) is 1.69. The molecule has 6 nitrogen and oxygen atoms in total. The second kappa shape index (κ2) is 6.46. The molecule has 0 aliphatic carbocycles. The third-order valence-electron chi connectivity index (χ3n) is 2.79. The highest BCUT2D eigenvalue weighted by molar-refractivity contribution is 5.94. The van der Waals surface area contributed by atoms with Gasteiger partial charge in [0.15, 0.2) is 0 Å². The number of rotatable bonds is 5. The van der Waals surface area contributed by atoms with Crippen molar-refractivity contribution in [3.63, 3.8) is 0 Å². The summed E-state index contributed by atoms with van der Waals surface area (Å²) in [6.45, 7) is 0.339. The molecule has 0 unspecified atom stereocenters. The monoisotopic (exact) mass is 314 g/mol. The van der Waals surface area contributed by atoms with Gasteiger partial charge in [-0.25, -0.2) is 0 Å². The number of nitrogens with one attached hydrogen (secondary N) is 1. The van der Waals surface area contributed by atoms with E-state index in [1.54, 1.807) is 17.9 Å². The lowest BCUT2D eigenvalue weighted by molar-refractivity contribution is -0.274. The number of hydrogen-bond donors (Lipinski definition) is 1. The Morgan fingerprint density at radius 3 is 2.55 bits per heavy atom. The Kier molecular flexibility index (Phi) is 4.64. The Balaban J connectivity index is 1.86. The zero-order chi connectivity index (χ0) is 16.2. The Morgan fingerprint density at radius 1 is 1.32 bits per heavy atom. The van der Waals surface area contributed by atoms with Gasteiger partial charge in [-0.3, -0.25) is 4.79 Å². The summed E-state index contributed by atoms with van der Waals surface area (Å²) in [5, 5.41) is 10.2. The van der Waals surface area contributed by atoms with Crippen molar-refractivity contribution in [3.8, 4) is 5.75 Å². The first kappa shape index (κ1) is 15.8. The van der Waals surface area contributed by atoms with Gasteiger partial charge in [0.25, 0.3) is 5.91 Å². The molecule has 2 aromatic rings. The molecular weight excluding hydrogens is 301 g/mol. The number of amides is 1. The van der Waals surface area contributed by atoms with Crippen LogP contribution in [-0.2, 0) is 13.5 Å². The molecule has 0 saturated carbocycles. The summed E-state index contributed by atoms with van der Waals surface area (Å²) < 4.78 is 41.5. The second-order valence-electron chi connectivity index (χ2n) is 4.44. The van der Waals surface area contributed by atoms with Gasteiger partial charge < -0.3 is 14.6 Å². The number of hydrogen-bond acceptors (Lipinski definition) is 4. The summed E-state index contributed by atoms with van der Waals surface area (Å²) in [6.07, 6.45) is -2.70. The fourth-order valence-corrected chi connectivity index (χ4v) is 1.73. The van der Waals surface area contributed by atoms with E-state index >= 15 is 0 Å². The lowest BCUT2D eigenvalue weighted by atomic mass is 10.2. The maximum absolute atomic E-state index is 12.0. The van der Waals surface area contributed by atoms with Crippen LogP contribution in [0.5, 0.6) is 5.75 Å². The number of ether oxygens (including phenoxy) is 1. The van der Waals surface area contributed by atoms with Gasteiger partial charge in [0.05, 0.1) is 0 Å². The molecule has 0 spiro atoms. The third-order valence-corrected chi connectivity index (χ3v) is 2.79. The van der Waals surface area contributed by atoms with Crippen LogP contribution in [0.4, 0.5) is 13.2 Å². The van der Waals surface area contributed by atoms with Gasteiger partial charge in [0, 0.05) is 25.6 Å². The van der Waals surface area contributed by atoms with Gasteiger partial charge in [-0.2, -0.15) is 0 Å². The second-order valence-corrected chi connectivity index (χ2v) is 4.44. The zero-order valence-corrected chi connectivity index (χ0v) is 11.6. The summed E-state index contributed by atoms with van der Waals surface area (Å²) in [5.74, 6) is -0.0434. The van der Waals surface area contributed by atoms with E-state index in [-0.39, 0.29) is 17.2 Å². The summed E-state index contributed by atoms with van der Waals surface area (Å²) in [7, 11) is 1.79. The minimum Gasteiger partial charge on any atom is -0.406 e. The molecule has 1 heterocycles. The van der Waals surface area contributed by atoms with E-state index in [0.717, 1.165) is 12.1 Å². The van der Waals surface area contributed by atoms with Crippen molar-refractivity contribution in [3.05, 3.63) is 42.0 Å². The molecule has 0 radical (unpaired) electrons. The highest BCUT2D eigenvalue weighted by Crippen LogP contribution is 2.22. The molecule has 0 saturated heterocycles. The van der Waals surface area contributed by atoms with Crippen molar-refractivity contribution in [2.45, 2.75) is 12.8 Å². The first-order valence-electron chi connectivity index (χ1n) is 6.32. The average molecular weight is 314 g/mol. The molecule has 0 bridgehead atoms. The Labute approximate surface area is 123 Å². The lowest BCUT2D eigenvalue weighted by Gasteiger charge is -2.09. The van der Waals surface area contributed by atoms with Crippen molar-refractivity contribution < 1.29 is 22.7 Å². The summed E-state index contributed by atoms with van der Waals surface area (Å²) >= 11 is 0. The maximum Gasteiger partial charge on any atom is 0.573 e. The molecule has 9 heteroatoms. The van der Waals surface area contributed by atoms with E-state index in [4.69, 9.17) is 0 Å². The van der Waals surface area contributed by atoms with Gasteiger partial charge in [-0.15, -0.1) is 23.4 Å². The molecule has 1 aromatic carbocycles. The normalized spacial score (nSPS) is 11.3. The van der Waals surface area contributed by atoms with Crippen molar-refractivity contribution >= 4 is 5.91 Å². The molecule has 0 aliphatic heterocycles. The fourth-order valence-electron chi connectivity index (χ4n) is 1.73. The quantitative estimate of drug-likeness (QED) is 0.912. The molecule has 22 heavy (non-hydrogen) atoms. The average Bonchev–Trinajstić information content (AvgIpc) is 2.83. The van der Waals surface area contributed by atoms with Crippen LogP contribution >= 0.6 is 0 Å². The van der Waals surface area contributed by atoms with E-state index in [2.05, 4.69) is 20.3 Å². The van der Waals surface area contributed by atoms with Crippen molar-refractivity contribution in [1.82, 2.24) is 20.1 Å². The SMILES string of the molecule is Cn1cnnc1CCNC(=O)c1ccc(OC(F)(F)F)cc1. The number of aromatic nitrogens is 3. The number of nitrogens with zero attached hydrogens (tertiary/aromatic N) is 3. The van der Waals surface area contributed by atoms with Crippen LogP contribution in [0.15, 0.2) is 30.6 Å². The topological polar surface area (TPSA) is 69.0 Å². The first-order chi connectivity index (χ1) is 10.3. The predicted molar refractivity (Wildman–Crippen MR) is 70.2 cm³/mol. The van der Waals surface area contributed by atoms with Crippen LogP contribution in [0.3, 0.4) is 0 Å². The van der Waals surface area contributed by atoms with E-state index in [1.165, 1.54) is 12.1 Å². The summed E-state index contributed by atoms with van der Waals surface area (Å²) in [4.78, 5) is 11.8. The zero-order valence-electron chi connectivity index (χ0n) is 11.6. The molecule has 0 fully saturated rings. The minimum absolute atomic E-state index is 0.243. The standard InChI is InChI=1S/C13H13F3N4O2/c1-20-8-18-19-11(20)6-7-17-12(21)9-2-4-10(5-3-9)22-13(14,15)16/h2-5,8H,6-7H2,1H3,(H,17,21). The smallest absolute Gasteiger partial charge is 0.406 e. The van der Waals surface area contributed by atoms with Crippen LogP contribution in [-0.4, -0.2) is 33.6 Å². The Bertz CT molecular complexity index is 637. The maximum atomic E-state index is 12.0. The van der Waals surface area contributed by atoms with Crippen LogP contribution in [0.1, 0.15) is 16.2 Å². The number of alkyl halides is 3. The summed E-state index contributed by atoms with van der Waals surface area (Å²) in [5.41, 5.74) is 0.243. The molecule has 0 atom stereocenters. The fraction of sp³-hybridized carbons (Fsp3) is 0.308. The van der Waals surface area contributed by atoms with Gasteiger partial charge in [0.1, 0.15) is 17.9 Å². The number of halogens is 3. The van der Waals surface area contributed by atoms with Gasteiger partial charge in [0.2, 0.25) is 0 Å². The Morgan fingerprint density at radius 2 is 2.00 bits per heavy atom. The molecule has 0 aliphatic rings. The molecular formula is C13H13F3N4O2. The number of carbonyl (C=O) groups excluding carboxylic acids is 1. The number of aryl methyl sites for hydroxylation is 1. The van der Waals surface area contributed by atoms with Crippen molar-refractivity contribution in [2.24, 2.45) is 7.05 Å². The van der Waals surface area contributed by atoms with Crippen LogP contribution in [0, 0.1) is 0 Å². The van der Waals surface area contributed by atoms with Gasteiger partial charge >= 0.3 is 6.36 Å². The molecule has 1 amide bonds. The number of benzene rings is 1. The van der Waals surface area contributed by atoms with E-state index in [1.807, 2.05) is 0 Å². The van der Waals surface area contributed by atoms with Crippen LogP contribution < -0.4 is 10.1 Å². The van der Waals surface area contributed by atoms with Crippen molar-refractivity contribution in [1.29, 1.82) is 0 Å². The highest BCUT2D eigenvalue weighted by atomic mass is 19.4. The van der Waals surface area contributed by atoms with Gasteiger partial charge in [-0.05, 0) is 24.3 Å². The molecule has 1 N–H and O–H groups in total. The highest BCUT2D eigenvalue weighted by Gasteiger charge is 2.31. The third kappa shape index (κ3) is 4.47. The molecule has 2 rings (SSSR count). The summed E-state index contributed by atoms with van der Waals surface area (Å²) in [6, 6.07) is 4.70. The number of carbonyl (C=O) groups is 1. The minimum atomic E-state index is -4.75. The van der Waals surface area contributed by atoms with E-state index in [0.29, 0.717) is 18.8 Å². The molecule has 118 valence electrons. The van der Waals surface area contributed by atoms with E-state index in [9.17, 15) is 18.0 Å².